The van der Waals surface area contributed by atoms with Gasteiger partial charge in [-0.3, -0.25) is 4.79 Å². The fraction of sp³-hybridized carbons (Fsp3) is 0.522. The van der Waals surface area contributed by atoms with Crippen LogP contribution in [0.1, 0.15) is 57.9 Å². The molecule has 0 spiro atoms. The van der Waals surface area contributed by atoms with Crippen molar-refractivity contribution in [1.29, 1.82) is 0 Å². The highest BCUT2D eigenvalue weighted by molar-refractivity contribution is 5.85. The lowest BCUT2D eigenvalue weighted by Crippen LogP contribution is -2.31. The summed E-state index contributed by atoms with van der Waals surface area (Å²) < 4.78 is 0. The van der Waals surface area contributed by atoms with E-state index in [2.05, 4.69) is 55.3 Å². The predicted octanol–water partition coefficient (Wildman–Crippen LogP) is 5.24. The van der Waals surface area contributed by atoms with Gasteiger partial charge in [-0.05, 0) is 54.6 Å². The molecule has 5 heteroatoms. The number of amides is 1. The number of carbonyl (C=O) groups is 1. The maximum Gasteiger partial charge on any atom is 0.239 e. The molecule has 0 saturated heterocycles. The summed E-state index contributed by atoms with van der Waals surface area (Å²) in [5.74, 6) is 1.47. The molecule has 0 atom stereocenters. The van der Waals surface area contributed by atoms with Gasteiger partial charge in [0, 0.05) is 37.5 Å². The zero-order valence-electron chi connectivity index (χ0n) is 17.5. The minimum Gasteiger partial charge on any atom is -0.358 e. The normalized spacial score (nSPS) is 22.0. The van der Waals surface area contributed by atoms with Crippen molar-refractivity contribution in [3.05, 3.63) is 54.6 Å². The average Bonchev–Trinajstić information content (AvgIpc) is 2.68. The van der Waals surface area contributed by atoms with E-state index in [0.717, 1.165) is 5.92 Å². The first-order valence-corrected chi connectivity index (χ1v) is 10.1. The lowest BCUT2D eigenvalue weighted by atomic mass is 9.68. The van der Waals surface area contributed by atoms with Crippen LogP contribution in [0.25, 0.3) is 0 Å². The Morgan fingerprint density at radius 2 is 1.64 bits per heavy atom. The molecule has 2 aliphatic rings. The van der Waals surface area contributed by atoms with E-state index >= 15 is 0 Å². The zero-order valence-corrected chi connectivity index (χ0v) is 18.3. The zero-order chi connectivity index (χ0) is 19.4. The Bertz CT molecular complexity index is 701. The molecule has 28 heavy (non-hydrogen) atoms. The Hall–Kier alpha value is -1.94. The Balaban J connectivity index is 0.00000280. The Morgan fingerprint density at radius 3 is 2.21 bits per heavy atom. The molecule has 1 aliphatic heterocycles. The van der Waals surface area contributed by atoms with Crippen molar-refractivity contribution in [3.63, 3.8) is 0 Å². The van der Waals surface area contributed by atoms with E-state index in [0.29, 0.717) is 17.9 Å². The summed E-state index contributed by atoms with van der Waals surface area (Å²) in [6.45, 7) is 7.47. The van der Waals surface area contributed by atoms with E-state index in [1.807, 2.05) is 29.7 Å². The standard InChI is InChI=1S/C23H33N3O.ClH/c1-23(2,3)19-11-9-18(10-12-19)20-7-5-6-8-21(20)26-15-13-25(14-16-26)17-22(27)24-4;/h5-8,13-16,18-19H,9-12,17H2,1-4H3,(H,24,27);1H. The van der Waals surface area contributed by atoms with Crippen LogP contribution in [0.4, 0.5) is 5.69 Å². The molecule has 0 aromatic heterocycles. The summed E-state index contributed by atoms with van der Waals surface area (Å²) in [5, 5.41) is 2.66. The Labute approximate surface area is 176 Å². The van der Waals surface area contributed by atoms with Crippen LogP contribution in [0.3, 0.4) is 0 Å². The lowest BCUT2D eigenvalue weighted by molar-refractivity contribution is -0.120. The average molecular weight is 404 g/mol. The first kappa shape index (κ1) is 22.4. The fourth-order valence-electron chi connectivity index (χ4n) is 4.26. The number of halogens is 1. The molecule has 1 fully saturated rings. The third-order valence-corrected chi connectivity index (χ3v) is 6.05. The maximum absolute atomic E-state index is 11.6. The van der Waals surface area contributed by atoms with Crippen molar-refractivity contribution in [2.24, 2.45) is 11.3 Å². The molecule has 154 valence electrons. The van der Waals surface area contributed by atoms with Crippen LogP contribution in [0.5, 0.6) is 0 Å². The number of para-hydroxylation sites is 1. The third-order valence-electron chi connectivity index (χ3n) is 6.05. The monoisotopic (exact) mass is 403 g/mol. The number of carbonyl (C=O) groups excluding carboxylic acids is 1. The summed E-state index contributed by atoms with van der Waals surface area (Å²) in [4.78, 5) is 15.6. The molecule has 3 rings (SSSR count). The molecule has 0 radical (unpaired) electrons. The molecule has 1 aliphatic carbocycles. The maximum atomic E-state index is 11.6. The van der Waals surface area contributed by atoms with E-state index < -0.39 is 0 Å². The van der Waals surface area contributed by atoms with Crippen LogP contribution in [-0.2, 0) is 4.79 Å². The van der Waals surface area contributed by atoms with Crippen molar-refractivity contribution in [2.75, 3.05) is 18.5 Å². The van der Waals surface area contributed by atoms with E-state index in [1.165, 1.54) is 36.9 Å². The molecule has 1 aromatic carbocycles. The van der Waals surface area contributed by atoms with Crippen LogP contribution >= 0.6 is 12.4 Å². The van der Waals surface area contributed by atoms with Gasteiger partial charge in [0.25, 0.3) is 0 Å². The van der Waals surface area contributed by atoms with Crippen molar-refractivity contribution in [3.8, 4) is 0 Å². The summed E-state index contributed by atoms with van der Waals surface area (Å²) in [6.07, 6.45) is 13.2. The van der Waals surface area contributed by atoms with Gasteiger partial charge in [-0.25, -0.2) is 0 Å². The highest BCUT2D eigenvalue weighted by Crippen LogP contribution is 2.45. The molecule has 1 aromatic rings. The van der Waals surface area contributed by atoms with E-state index in [-0.39, 0.29) is 18.3 Å². The van der Waals surface area contributed by atoms with Crippen molar-refractivity contribution < 1.29 is 4.79 Å². The number of nitrogens with one attached hydrogen (secondary N) is 1. The van der Waals surface area contributed by atoms with Crippen LogP contribution in [-0.4, -0.2) is 24.4 Å². The van der Waals surface area contributed by atoms with Crippen LogP contribution in [0.2, 0.25) is 0 Å². The minimum absolute atomic E-state index is 0. The van der Waals surface area contributed by atoms with Crippen molar-refractivity contribution in [1.82, 2.24) is 10.2 Å². The summed E-state index contributed by atoms with van der Waals surface area (Å²) in [5.41, 5.74) is 3.11. The van der Waals surface area contributed by atoms with Gasteiger partial charge in [0.1, 0.15) is 6.54 Å². The largest absolute Gasteiger partial charge is 0.358 e. The molecule has 4 nitrogen and oxygen atoms in total. The predicted molar refractivity (Wildman–Crippen MR) is 119 cm³/mol. The van der Waals surface area contributed by atoms with Gasteiger partial charge in [-0.2, -0.15) is 0 Å². The molecule has 1 heterocycles. The van der Waals surface area contributed by atoms with Crippen LogP contribution in [0, 0.1) is 11.3 Å². The Kier molecular flexibility index (Phi) is 7.59. The highest BCUT2D eigenvalue weighted by Gasteiger charge is 2.31. The second-order valence-corrected chi connectivity index (χ2v) is 8.82. The van der Waals surface area contributed by atoms with Gasteiger partial charge in [-0.1, -0.05) is 39.0 Å². The third kappa shape index (κ3) is 5.32. The van der Waals surface area contributed by atoms with Gasteiger partial charge in [0.05, 0.1) is 0 Å². The highest BCUT2D eigenvalue weighted by atomic mass is 35.5. The number of likely N-dealkylation sites (N-methyl/N-ethyl adjacent to an activating group) is 1. The quantitative estimate of drug-likeness (QED) is 0.746. The fourth-order valence-corrected chi connectivity index (χ4v) is 4.26. The van der Waals surface area contributed by atoms with E-state index in [9.17, 15) is 4.79 Å². The molecule has 0 unspecified atom stereocenters. The first-order chi connectivity index (χ1) is 12.9. The van der Waals surface area contributed by atoms with Gasteiger partial charge < -0.3 is 15.1 Å². The summed E-state index contributed by atoms with van der Waals surface area (Å²) in [6, 6.07) is 8.76. The number of benzene rings is 1. The van der Waals surface area contributed by atoms with Crippen molar-refractivity contribution in [2.45, 2.75) is 52.4 Å². The van der Waals surface area contributed by atoms with Gasteiger partial charge in [0.2, 0.25) is 5.91 Å². The minimum atomic E-state index is 0. The summed E-state index contributed by atoms with van der Waals surface area (Å²) in [7, 11) is 1.66. The summed E-state index contributed by atoms with van der Waals surface area (Å²) >= 11 is 0. The molecular weight excluding hydrogens is 370 g/mol. The van der Waals surface area contributed by atoms with Crippen LogP contribution < -0.4 is 10.2 Å². The molecule has 1 amide bonds. The number of anilines is 1. The van der Waals surface area contributed by atoms with Crippen LogP contribution in [0.15, 0.2) is 49.1 Å². The molecule has 1 N–H and O–H groups in total. The first-order valence-electron chi connectivity index (χ1n) is 10.1. The lowest BCUT2D eigenvalue weighted by Gasteiger charge is -2.38. The van der Waals surface area contributed by atoms with Gasteiger partial charge in [-0.15, -0.1) is 12.4 Å². The topological polar surface area (TPSA) is 35.6 Å². The number of rotatable bonds is 4. The van der Waals surface area contributed by atoms with E-state index in [4.69, 9.17) is 0 Å². The number of hydrogen-bond donors (Lipinski definition) is 1. The molecule has 1 saturated carbocycles. The number of hydrogen-bond acceptors (Lipinski definition) is 3. The van der Waals surface area contributed by atoms with Crippen molar-refractivity contribution >= 4 is 24.0 Å². The van der Waals surface area contributed by atoms with Gasteiger partial charge >= 0.3 is 0 Å². The smallest absolute Gasteiger partial charge is 0.239 e. The van der Waals surface area contributed by atoms with E-state index in [1.54, 1.807) is 7.05 Å². The second-order valence-electron chi connectivity index (χ2n) is 8.82. The SMILES string of the molecule is CNC(=O)CN1C=CN(c2ccccc2C2CCC(C(C)(C)C)CC2)C=C1.Cl. The van der Waals surface area contributed by atoms with Gasteiger partial charge in [0.15, 0.2) is 0 Å². The second kappa shape index (κ2) is 9.51. The Morgan fingerprint density at radius 1 is 1.04 bits per heavy atom. The number of nitrogens with zero attached hydrogens (tertiary/aromatic N) is 2. The molecule has 0 bridgehead atoms. The molecular formula is C23H34ClN3O.